The van der Waals surface area contributed by atoms with Crippen LogP contribution >= 0.6 is 0 Å². The molecule has 1 aliphatic heterocycles. The first-order valence-corrected chi connectivity index (χ1v) is 9.51. The minimum absolute atomic E-state index is 0.0988. The summed E-state index contributed by atoms with van der Waals surface area (Å²) in [7, 11) is 0. The van der Waals surface area contributed by atoms with E-state index in [1.54, 1.807) is 4.90 Å². The molecule has 3 rings (SSSR count). The van der Waals surface area contributed by atoms with E-state index in [1.807, 2.05) is 20.8 Å². The number of nitrogens with zero attached hydrogens (tertiary/aromatic N) is 1. The average molecular weight is 348 g/mol. The molecular formula is C20H32N2O3. The molecule has 1 spiro atoms. The Morgan fingerprint density at radius 1 is 1.16 bits per heavy atom. The van der Waals surface area contributed by atoms with Crippen molar-refractivity contribution in [3.63, 3.8) is 0 Å². The van der Waals surface area contributed by atoms with Gasteiger partial charge in [-0.05, 0) is 71.1 Å². The molecule has 1 N–H and O–H groups in total. The Bertz CT molecular complexity index is 564. The molecule has 2 aliphatic carbocycles. The zero-order valence-electron chi connectivity index (χ0n) is 16.1. The maximum absolute atomic E-state index is 12.5. The molecule has 25 heavy (non-hydrogen) atoms. The number of carbonyl (C=O) groups excluding carboxylic acids is 2. The van der Waals surface area contributed by atoms with Crippen molar-refractivity contribution in [2.45, 2.75) is 71.4 Å². The lowest BCUT2D eigenvalue weighted by Crippen LogP contribution is -2.57. The smallest absolute Gasteiger partial charge is 0.410 e. The molecule has 3 fully saturated rings. The number of nitrogens with one attached hydrogen (secondary N) is 1. The fraction of sp³-hybridized carbons (Fsp3) is 0.800. The fourth-order valence-corrected chi connectivity index (χ4v) is 4.54. The molecule has 2 amide bonds. The van der Waals surface area contributed by atoms with Gasteiger partial charge in [-0.25, -0.2) is 4.79 Å². The molecule has 0 bridgehead atoms. The molecule has 2 saturated carbocycles. The third kappa shape index (κ3) is 4.01. The summed E-state index contributed by atoms with van der Waals surface area (Å²) in [5, 5.41) is 3.19. The maximum atomic E-state index is 12.5. The molecule has 5 nitrogen and oxygen atoms in total. The van der Waals surface area contributed by atoms with Gasteiger partial charge >= 0.3 is 6.09 Å². The van der Waals surface area contributed by atoms with Gasteiger partial charge in [-0.3, -0.25) is 4.79 Å². The van der Waals surface area contributed by atoms with Crippen molar-refractivity contribution in [2.75, 3.05) is 13.1 Å². The lowest BCUT2D eigenvalue weighted by Gasteiger charge is -2.58. The van der Waals surface area contributed by atoms with Gasteiger partial charge in [-0.2, -0.15) is 0 Å². The Balaban J connectivity index is 1.39. The van der Waals surface area contributed by atoms with E-state index in [9.17, 15) is 9.59 Å². The Labute approximate surface area is 151 Å². The van der Waals surface area contributed by atoms with E-state index in [0.717, 1.165) is 19.3 Å². The third-order valence-electron chi connectivity index (χ3n) is 5.97. The van der Waals surface area contributed by atoms with Crippen molar-refractivity contribution in [2.24, 2.45) is 17.3 Å². The van der Waals surface area contributed by atoms with E-state index < -0.39 is 5.60 Å². The lowest BCUT2D eigenvalue weighted by molar-refractivity contribution is -0.128. The van der Waals surface area contributed by atoms with Crippen molar-refractivity contribution >= 4 is 12.0 Å². The summed E-state index contributed by atoms with van der Waals surface area (Å²) < 4.78 is 5.39. The monoisotopic (exact) mass is 348 g/mol. The third-order valence-corrected chi connectivity index (χ3v) is 5.97. The highest BCUT2D eigenvalue weighted by Gasteiger charge is 2.53. The Hall–Kier alpha value is -1.52. The van der Waals surface area contributed by atoms with Gasteiger partial charge in [0.25, 0.3) is 0 Å². The Kier molecular flexibility index (Phi) is 4.63. The van der Waals surface area contributed by atoms with Crippen LogP contribution in [0.15, 0.2) is 12.2 Å². The van der Waals surface area contributed by atoms with Crippen LogP contribution in [0.25, 0.3) is 0 Å². The Morgan fingerprint density at radius 2 is 1.80 bits per heavy atom. The second kappa shape index (κ2) is 6.33. The number of hydrogen-bond acceptors (Lipinski definition) is 3. The molecule has 140 valence electrons. The van der Waals surface area contributed by atoms with Crippen LogP contribution in [-0.2, 0) is 9.53 Å². The van der Waals surface area contributed by atoms with Crippen molar-refractivity contribution in [3.05, 3.63) is 12.2 Å². The van der Waals surface area contributed by atoms with E-state index in [1.165, 1.54) is 18.4 Å². The van der Waals surface area contributed by atoms with Crippen LogP contribution in [0.4, 0.5) is 4.79 Å². The number of carbonyl (C=O) groups is 2. The normalized spacial score (nSPS) is 34.2. The maximum Gasteiger partial charge on any atom is 0.410 e. The number of rotatable bonds is 3. The second-order valence-corrected chi connectivity index (χ2v) is 9.48. The summed E-state index contributed by atoms with van der Waals surface area (Å²) in [6.07, 6.45) is 5.09. The summed E-state index contributed by atoms with van der Waals surface area (Å²) >= 11 is 0. The molecule has 0 aromatic carbocycles. The molecule has 0 aromatic heterocycles. The van der Waals surface area contributed by atoms with Crippen molar-refractivity contribution < 1.29 is 14.3 Å². The van der Waals surface area contributed by atoms with Crippen LogP contribution < -0.4 is 5.32 Å². The lowest BCUT2D eigenvalue weighted by atomic mass is 9.49. The number of hydrogen-bond donors (Lipinski definition) is 1. The quantitative estimate of drug-likeness (QED) is 0.794. The summed E-state index contributed by atoms with van der Waals surface area (Å²) in [5.41, 5.74) is 1.27. The van der Waals surface area contributed by atoms with Gasteiger partial charge < -0.3 is 15.0 Å². The zero-order chi connectivity index (χ0) is 18.4. The molecule has 0 radical (unpaired) electrons. The van der Waals surface area contributed by atoms with Crippen LogP contribution in [0.5, 0.6) is 0 Å². The summed E-state index contributed by atoms with van der Waals surface area (Å²) in [6, 6.07) is 0.314. The highest BCUT2D eigenvalue weighted by molar-refractivity contribution is 5.81. The summed E-state index contributed by atoms with van der Waals surface area (Å²) in [4.78, 5) is 26.2. The van der Waals surface area contributed by atoms with Gasteiger partial charge in [0.2, 0.25) is 5.91 Å². The van der Waals surface area contributed by atoms with Crippen LogP contribution in [0.2, 0.25) is 0 Å². The molecule has 1 unspecified atom stereocenters. The van der Waals surface area contributed by atoms with E-state index in [2.05, 4.69) is 18.8 Å². The van der Waals surface area contributed by atoms with Gasteiger partial charge in [0.1, 0.15) is 5.60 Å². The van der Waals surface area contributed by atoms with E-state index in [0.29, 0.717) is 30.5 Å². The van der Waals surface area contributed by atoms with Crippen molar-refractivity contribution in [1.29, 1.82) is 0 Å². The first kappa shape index (κ1) is 18.3. The number of ether oxygens (including phenoxy) is 1. The van der Waals surface area contributed by atoms with E-state index in [-0.39, 0.29) is 17.9 Å². The van der Waals surface area contributed by atoms with E-state index >= 15 is 0 Å². The van der Waals surface area contributed by atoms with Crippen LogP contribution in [0, 0.1) is 17.3 Å². The van der Waals surface area contributed by atoms with Crippen molar-refractivity contribution in [3.8, 4) is 0 Å². The minimum Gasteiger partial charge on any atom is -0.444 e. The predicted octanol–water partition coefficient (Wildman–Crippen LogP) is 3.49. The van der Waals surface area contributed by atoms with Gasteiger partial charge in [-0.15, -0.1) is 0 Å². The molecule has 3 aliphatic rings. The molecule has 0 aromatic rings. The van der Waals surface area contributed by atoms with Crippen LogP contribution in [0.3, 0.4) is 0 Å². The van der Waals surface area contributed by atoms with Gasteiger partial charge in [-0.1, -0.05) is 12.2 Å². The predicted molar refractivity (Wildman–Crippen MR) is 97.0 cm³/mol. The number of allylic oxidation sites excluding steroid dienone is 1. The van der Waals surface area contributed by atoms with Crippen molar-refractivity contribution in [1.82, 2.24) is 10.2 Å². The molecular weight excluding hydrogens is 316 g/mol. The van der Waals surface area contributed by atoms with Gasteiger partial charge in [0, 0.05) is 19.1 Å². The number of likely N-dealkylation sites (tertiary alicyclic amines) is 1. The largest absolute Gasteiger partial charge is 0.444 e. The molecule has 1 saturated heterocycles. The number of amides is 2. The first-order chi connectivity index (χ1) is 11.6. The molecule has 5 heteroatoms. The SMILES string of the molecule is C=C(C)C1CC2(CC(NC(=O)C3CCN(C(=O)OC(C)(C)C)C3)C2)C1. The van der Waals surface area contributed by atoms with E-state index in [4.69, 9.17) is 4.74 Å². The van der Waals surface area contributed by atoms with Crippen LogP contribution in [-0.4, -0.2) is 41.6 Å². The summed E-state index contributed by atoms with van der Waals surface area (Å²) in [5.74, 6) is 0.684. The first-order valence-electron chi connectivity index (χ1n) is 9.51. The molecule has 1 atom stereocenters. The standard InChI is InChI=1S/C20H32N2O3/c1-13(2)15-8-20(9-15)10-16(11-20)21-17(23)14-6-7-22(12-14)18(24)25-19(3,4)5/h14-16H,1,6-12H2,2-5H3,(H,21,23). The second-order valence-electron chi connectivity index (χ2n) is 9.48. The molecule has 1 heterocycles. The average Bonchev–Trinajstić information content (AvgIpc) is 2.86. The highest BCUT2D eigenvalue weighted by atomic mass is 16.6. The van der Waals surface area contributed by atoms with Gasteiger partial charge in [0.05, 0.1) is 5.92 Å². The zero-order valence-corrected chi connectivity index (χ0v) is 16.1. The van der Waals surface area contributed by atoms with Gasteiger partial charge in [0.15, 0.2) is 0 Å². The summed E-state index contributed by atoms with van der Waals surface area (Å²) in [6.45, 7) is 12.8. The topological polar surface area (TPSA) is 58.6 Å². The highest BCUT2D eigenvalue weighted by Crippen LogP contribution is 2.60. The minimum atomic E-state index is -0.498. The van der Waals surface area contributed by atoms with Crippen LogP contribution in [0.1, 0.15) is 59.8 Å². The Morgan fingerprint density at radius 3 is 2.36 bits per heavy atom. The fourth-order valence-electron chi connectivity index (χ4n) is 4.54.